The molecule has 0 aromatic heterocycles. The third-order valence-corrected chi connectivity index (χ3v) is 6.29. The minimum absolute atomic E-state index is 0.182. The van der Waals surface area contributed by atoms with Crippen molar-refractivity contribution in [3.05, 3.63) is 87.5 Å². The van der Waals surface area contributed by atoms with E-state index in [0.29, 0.717) is 0 Å². The second-order valence-electron chi connectivity index (χ2n) is 8.97. The molecule has 1 saturated carbocycles. The Morgan fingerprint density at radius 3 is 1.02 bits per heavy atom. The first-order valence-corrected chi connectivity index (χ1v) is 11.3. The molecule has 1 aliphatic carbocycles. The van der Waals surface area contributed by atoms with Gasteiger partial charge in [-0.05, 0) is 19.3 Å². The maximum Gasteiger partial charge on any atom is 0.200 e. The maximum atomic E-state index is 14.3. The van der Waals surface area contributed by atoms with Crippen LogP contribution in [0.25, 0.3) is 0 Å². The molecule has 3 aromatic carbocycles. The zero-order valence-corrected chi connectivity index (χ0v) is 19.7. The fourth-order valence-electron chi connectivity index (χ4n) is 4.44. The highest BCUT2D eigenvalue weighted by Crippen LogP contribution is 2.35. The highest BCUT2D eigenvalue weighted by atomic mass is 19.2. The SMILES string of the molecule is Fc1cc(NC2C[C@@H](Nc3c(F)c(F)c(F)c(F)c3F)C[C@@H](Nc3c(F)c(F)c(F)c(F)c3F)C2)c(F)c(F)c1F. The summed E-state index contributed by atoms with van der Waals surface area (Å²) in [6.45, 7) is 0. The number of nitrogens with one attached hydrogen (secondary N) is 3. The fourth-order valence-corrected chi connectivity index (χ4v) is 4.44. The Hall–Kier alpha value is -3.92. The quantitative estimate of drug-likeness (QED) is 0.154. The Balaban J connectivity index is 1.71. The van der Waals surface area contributed by atoms with Gasteiger partial charge in [0.2, 0.25) is 11.6 Å². The minimum Gasteiger partial charge on any atom is -0.380 e. The third kappa shape index (κ3) is 5.40. The van der Waals surface area contributed by atoms with Gasteiger partial charge in [-0.25, -0.2) is 61.5 Å². The predicted molar refractivity (Wildman–Crippen MR) is 115 cm³/mol. The van der Waals surface area contributed by atoms with E-state index in [1.165, 1.54) is 0 Å². The van der Waals surface area contributed by atoms with Crippen molar-refractivity contribution in [1.29, 1.82) is 0 Å². The van der Waals surface area contributed by atoms with Crippen molar-refractivity contribution in [2.45, 2.75) is 37.4 Å². The number of halogens is 14. The van der Waals surface area contributed by atoms with Crippen LogP contribution in [0.4, 0.5) is 78.5 Å². The smallest absolute Gasteiger partial charge is 0.200 e. The highest BCUT2D eigenvalue weighted by molar-refractivity contribution is 5.52. The monoisotopic (exact) mass is 609 g/mol. The van der Waals surface area contributed by atoms with E-state index in [1.54, 1.807) is 0 Å². The van der Waals surface area contributed by atoms with E-state index >= 15 is 0 Å². The summed E-state index contributed by atoms with van der Waals surface area (Å²) in [4.78, 5) is 0. The van der Waals surface area contributed by atoms with Gasteiger partial charge in [-0.1, -0.05) is 0 Å². The standard InChI is InChI=1S/C24H13F14N3/c25-8-4-9(11(27)12(28)10(8)26)39-5-1-6(40-23-19(35)15(31)13(29)16(32)20(23)36)3-7(2-5)41-24-21(37)17(33)14(30)18(34)22(24)38/h4-7,39-41H,1-3H2/t5?,6-,7+. The molecule has 0 radical (unpaired) electrons. The molecule has 3 aromatic rings. The van der Waals surface area contributed by atoms with Crippen LogP contribution >= 0.6 is 0 Å². The van der Waals surface area contributed by atoms with Crippen molar-refractivity contribution < 1.29 is 61.5 Å². The van der Waals surface area contributed by atoms with Gasteiger partial charge >= 0.3 is 0 Å². The van der Waals surface area contributed by atoms with Gasteiger partial charge in [0.25, 0.3) is 0 Å². The average Bonchev–Trinajstić information content (AvgIpc) is 2.95. The van der Waals surface area contributed by atoms with Gasteiger partial charge in [-0.3, -0.25) is 0 Å². The third-order valence-electron chi connectivity index (χ3n) is 6.29. The summed E-state index contributed by atoms with van der Waals surface area (Å²) in [7, 11) is 0. The molecule has 1 unspecified atom stereocenters. The number of hydrogen-bond donors (Lipinski definition) is 3. The molecule has 0 bridgehead atoms. The van der Waals surface area contributed by atoms with E-state index in [1.807, 2.05) is 10.6 Å². The van der Waals surface area contributed by atoms with Crippen LogP contribution in [0.5, 0.6) is 0 Å². The summed E-state index contributed by atoms with van der Waals surface area (Å²) < 4.78 is 194. The zero-order valence-electron chi connectivity index (χ0n) is 19.7. The van der Waals surface area contributed by atoms with Crippen molar-refractivity contribution in [1.82, 2.24) is 0 Å². The van der Waals surface area contributed by atoms with Crippen LogP contribution in [0, 0.1) is 81.4 Å². The number of benzene rings is 3. The van der Waals surface area contributed by atoms with Gasteiger partial charge < -0.3 is 16.0 Å². The Labute approximate surface area is 220 Å². The van der Waals surface area contributed by atoms with E-state index in [0.717, 1.165) is 0 Å². The molecule has 3 N–H and O–H groups in total. The van der Waals surface area contributed by atoms with Crippen molar-refractivity contribution >= 4 is 17.1 Å². The topological polar surface area (TPSA) is 36.1 Å². The second kappa shape index (κ2) is 11.2. The van der Waals surface area contributed by atoms with Crippen LogP contribution in [0.2, 0.25) is 0 Å². The molecule has 222 valence electrons. The maximum absolute atomic E-state index is 14.3. The molecular weight excluding hydrogens is 596 g/mol. The lowest BCUT2D eigenvalue weighted by atomic mass is 9.86. The molecule has 0 amide bonds. The summed E-state index contributed by atoms with van der Waals surface area (Å²) >= 11 is 0. The molecule has 0 spiro atoms. The van der Waals surface area contributed by atoms with Gasteiger partial charge in [-0.2, -0.15) is 0 Å². The fraction of sp³-hybridized carbons (Fsp3) is 0.250. The summed E-state index contributed by atoms with van der Waals surface area (Å²) in [6, 6.07) is -4.06. The van der Waals surface area contributed by atoms with Gasteiger partial charge in [-0.15, -0.1) is 0 Å². The van der Waals surface area contributed by atoms with E-state index in [-0.39, 0.29) is 6.07 Å². The first-order valence-electron chi connectivity index (χ1n) is 11.3. The Morgan fingerprint density at radius 1 is 0.366 bits per heavy atom. The largest absolute Gasteiger partial charge is 0.380 e. The van der Waals surface area contributed by atoms with Crippen LogP contribution in [-0.2, 0) is 0 Å². The molecule has 4 rings (SSSR count). The molecule has 1 aliphatic rings. The number of hydrogen-bond acceptors (Lipinski definition) is 3. The van der Waals surface area contributed by atoms with Gasteiger partial charge in [0, 0.05) is 24.2 Å². The van der Waals surface area contributed by atoms with Crippen LogP contribution in [0.15, 0.2) is 6.07 Å². The van der Waals surface area contributed by atoms with E-state index < -0.39 is 136 Å². The molecule has 3 nitrogen and oxygen atoms in total. The minimum atomic E-state index is -2.49. The molecule has 0 heterocycles. The number of rotatable bonds is 6. The van der Waals surface area contributed by atoms with Gasteiger partial charge in [0.1, 0.15) is 11.4 Å². The highest BCUT2D eigenvalue weighted by Gasteiger charge is 2.35. The summed E-state index contributed by atoms with van der Waals surface area (Å²) in [6.07, 6.45) is -1.50. The summed E-state index contributed by atoms with van der Waals surface area (Å²) in [5, 5.41) is 6.20. The Kier molecular flexibility index (Phi) is 8.18. The summed E-state index contributed by atoms with van der Waals surface area (Å²) in [5.74, 6) is -31.8. The van der Waals surface area contributed by atoms with Crippen molar-refractivity contribution in [2.24, 2.45) is 0 Å². The first kappa shape index (κ1) is 30.0. The molecule has 41 heavy (non-hydrogen) atoms. The Morgan fingerprint density at radius 2 is 0.659 bits per heavy atom. The van der Waals surface area contributed by atoms with Gasteiger partial charge in [0.15, 0.2) is 69.8 Å². The lowest BCUT2D eigenvalue weighted by Crippen LogP contribution is -2.44. The van der Waals surface area contributed by atoms with Crippen molar-refractivity contribution in [3.8, 4) is 0 Å². The van der Waals surface area contributed by atoms with E-state index in [4.69, 9.17) is 0 Å². The Bertz CT molecular complexity index is 1390. The predicted octanol–water partition coefficient (Wildman–Crippen LogP) is 7.56. The molecule has 0 aliphatic heterocycles. The van der Waals surface area contributed by atoms with E-state index in [2.05, 4.69) is 5.32 Å². The first-order chi connectivity index (χ1) is 19.1. The van der Waals surface area contributed by atoms with E-state index in [9.17, 15) is 61.5 Å². The normalized spacial score (nSPS) is 18.9. The average molecular weight is 609 g/mol. The lowest BCUT2D eigenvalue weighted by Gasteiger charge is -2.37. The van der Waals surface area contributed by atoms with Crippen LogP contribution < -0.4 is 16.0 Å². The van der Waals surface area contributed by atoms with Crippen LogP contribution in [-0.4, -0.2) is 18.1 Å². The molecule has 3 atom stereocenters. The van der Waals surface area contributed by atoms with Crippen molar-refractivity contribution in [3.63, 3.8) is 0 Å². The second-order valence-corrected chi connectivity index (χ2v) is 8.97. The van der Waals surface area contributed by atoms with Crippen LogP contribution in [0.3, 0.4) is 0 Å². The van der Waals surface area contributed by atoms with Crippen molar-refractivity contribution in [2.75, 3.05) is 16.0 Å². The lowest BCUT2D eigenvalue weighted by molar-refractivity contribution is 0.365. The molecule has 17 heteroatoms. The van der Waals surface area contributed by atoms with Crippen LogP contribution in [0.1, 0.15) is 19.3 Å². The zero-order chi connectivity index (χ0) is 30.5. The summed E-state index contributed by atoms with van der Waals surface area (Å²) in [5.41, 5.74) is -4.10. The molecular formula is C24H13F14N3. The molecule has 1 fully saturated rings. The number of anilines is 3. The van der Waals surface area contributed by atoms with Gasteiger partial charge in [0.05, 0.1) is 5.69 Å². The molecule has 0 saturated heterocycles.